The number of anilines is 1. The van der Waals surface area contributed by atoms with Gasteiger partial charge in [-0.05, 0) is 18.2 Å². The molecule has 116 valence electrons. The number of pyridine rings is 1. The van der Waals surface area contributed by atoms with Gasteiger partial charge in [0.2, 0.25) is 5.91 Å². The second-order valence-corrected chi connectivity index (χ2v) is 5.65. The van der Waals surface area contributed by atoms with E-state index in [0.29, 0.717) is 10.9 Å². The summed E-state index contributed by atoms with van der Waals surface area (Å²) < 4.78 is 5.26. The van der Waals surface area contributed by atoms with Gasteiger partial charge in [0, 0.05) is 17.1 Å². The van der Waals surface area contributed by atoms with Crippen molar-refractivity contribution < 1.29 is 9.53 Å². The molecule has 0 bridgehead atoms. The summed E-state index contributed by atoms with van der Waals surface area (Å²) >= 11 is 1.38. The van der Waals surface area contributed by atoms with Crippen LogP contribution in [0.15, 0.2) is 54.0 Å². The summed E-state index contributed by atoms with van der Waals surface area (Å²) in [6, 6.07) is 13.1. The lowest BCUT2D eigenvalue weighted by Crippen LogP contribution is -2.14. The molecule has 3 rings (SSSR count). The van der Waals surface area contributed by atoms with Crippen LogP contribution in [0.2, 0.25) is 0 Å². The Bertz CT molecular complexity index is 802. The molecule has 1 aromatic carbocycles. The summed E-state index contributed by atoms with van der Waals surface area (Å²) in [5.41, 5.74) is 2.38. The fourth-order valence-corrected chi connectivity index (χ4v) is 2.87. The molecule has 0 spiro atoms. The average Bonchev–Trinajstić information content (AvgIpc) is 3.04. The molecule has 0 atom stereocenters. The van der Waals surface area contributed by atoms with E-state index in [1.165, 1.54) is 11.3 Å². The molecule has 0 saturated heterocycles. The van der Waals surface area contributed by atoms with E-state index >= 15 is 0 Å². The van der Waals surface area contributed by atoms with E-state index in [1.807, 2.05) is 47.8 Å². The van der Waals surface area contributed by atoms with E-state index in [2.05, 4.69) is 15.3 Å². The number of amides is 1. The smallest absolute Gasteiger partial charge is 0.230 e. The lowest BCUT2D eigenvalue weighted by atomic mass is 10.1. The number of hydrogen-bond donors (Lipinski definition) is 1. The van der Waals surface area contributed by atoms with E-state index in [-0.39, 0.29) is 12.3 Å². The summed E-state index contributed by atoms with van der Waals surface area (Å²) in [7, 11) is 1.59. The number of aromatic nitrogens is 2. The van der Waals surface area contributed by atoms with Crippen LogP contribution in [0.5, 0.6) is 5.75 Å². The minimum atomic E-state index is -0.128. The third-order valence-corrected chi connectivity index (χ3v) is 3.98. The molecule has 0 saturated carbocycles. The molecule has 0 aliphatic heterocycles. The predicted octanol–water partition coefficient (Wildman–Crippen LogP) is 3.39. The van der Waals surface area contributed by atoms with Crippen molar-refractivity contribution in [3.05, 3.63) is 59.6 Å². The zero-order valence-electron chi connectivity index (χ0n) is 12.5. The van der Waals surface area contributed by atoms with Gasteiger partial charge in [-0.3, -0.25) is 9.78 Å². The highest BCUT2D eigenvalue weighted by molar-refractivity contribution is 7.14. The highest BCUT2D eigenvalue weighted by Crippen LogP contribution is 2.24. The standard InChI is InChI=1S/C17H15N3O2S/c1-22-15-8-3-2-6-12(15)10-16(21)20-17-19-14(11-23-17)13-7-4-5-9-18-13/h2-9,11H,10H2,1H3,(H,19,20,21). The lowest BCUT2D eigenvalue weighted by molar-refractivity contribution is -0.115. The molecule has 0 unspecified atom stereocenters. The van der Waals surface area contributed by atoms with Gasteiger partial charge in [0.25, 0.3) is 0 Å². The number of carbonyl (C=O) groups excluding carboxylic acids is 1. The van der Waals surface area contributed by atoms with Gasteiger partial charge in [-0.2, -0.15) is 0 Å². The third-order valence-electron chi connectivity index (χ3n) is 3.22. The highest BCUT2D eigenvalue weighted by atomic mass is 32.1. The largest absolute Gasteiger partial charge is 0.496 e. The van der Waals surface area contributed by atoms with E-state index in [0.717, 1.165) is 17.0 Å². The molecular weight excluding hydrogens is 310 g/mol. The monoisotopic (exact) mass is 325 g/mol. The molecule has 2 aromatic heterocycles. The van der Waals surface area contributed by atoms with Crippen LogP contribution in [0.4, 0.5) is 5.13 Å². The van der Waals surface area contributed by atoms with Crippen molar-refractivity contribution in [3.8, 4) is 17.1 Å². The molecule has 1 amide bonds. The molecule has 6 heteroatoms. The van der Waals surface area contributed by atoms with Crippen molar-refractivity contribution in [2.45, 2.75) is 6.42 Å². The Hall–Kier alpha value is -2.73. The Morgan fingerprint density at radius 1 is 1.17 bits per heavy atom. The van der Waals surface area contributed by atoms with Crippen molar-refractivity contribution in [2.24, 2.45) is 0 Å². The number of rotatable bonds is 5. The minimum absolute atomic E-state index is 0.128. The normalized spacial score (nSPS) is 10.3. The molecule has 3 aromatic rings. The topological polar surface area (TPSA) is 64.1 Å². The number of nitrogens with zero attached hydrogens (tertiary/aromatic N) is 2. The van der Waals surface area contributed by atoms with Crippen LogP contribution in [0, 0.1) is 0 Å². The van der Waals surface area contributed by atoms with E-state index in [1.54, 1.807) is 13.3 Å². The Labute approximate surface area is 138 Å². The number of nitrogens with one attached hydrogen (secondary N) is 1. The van der Waals surface area contributed by atoms with Gasteiger partial charge < -0.3 is 10.1 Å². The molecule has 23 heavy (non-hydrogen) atoms. The van der Waals surface area contributed by atoms with E-state index in [4.69, 9.17) is 4.74 Å². The fourth-order valence-electron chi connectivity index (χ4n) is 2.15. The maximum absolute atomic E-state index is 12.2. The Balaban J connectivity index is 1.68. The van der Waals surface area contributed by atoms with Crippen molar-refractivity contribution in [1.29, 1.82) is 0 Å². The second-order valence-electron chi connectivity index (χ2n) is 4.79. The molecule has 1 N–H and O–H groups in total. The SMILES string of the molecule is COc1ccccc1CC(=O)Nc1nc(-c2ccccn2)cs1. The van der Waals surface area contributed by atoms with Gasteiger partial charge >= 0.3 is 0 Å². The highest BCUT2D eigenvalue weighted by Gasteiger charge is 2.11. The van der Waals surface area contributed by atoms with Crippen LogP contribution in [-0.4, -0.2) is 23.0 Å². The number of thiazole rings is 1. The average molecular weight is 325 g/mol. The summed E-state index contributed by atoms with van der Waals surface area (Å²) in [5.74, 6) is 0.576. The number of hydrogen-bond acceptors (Lipinski definition) is 5. The molecule has 0 fully saturated rings. The lowest BCUT2D eigenvalue weighted by Gasteiger charge is -2.07. The molecular formula is C17H15N3O2S. The Kier molecular flexibility index (Phi) is 4.63. The van der Waals surface area contributed by atoms with Crippen molar-refractivity contribution in [3.63, 3.8) is 0 Å². The van der Waals surface area contributed by atoms with E-state index < -0.39 is 0 Å². The molecule has 5 nitrogen and oxygen atoms in total. The molecule has 2 heterocycles. The second kappa shape index (κ2) is 7.02. The molecule has 0 aliphatic rings. The summed E-state index contributed by atoms with van der Waals surface area (Å²) in [5, 5.41) is 5.25. The minimum Gasteiger partial charge on any atom is -0.496 e. The van der Waals surface area contributed by atoms with Crippen LogP contribution < -0.4 is 10.1 Å². The molecule has 0 aliphatic carbocycles. The van der Waals surface area contributed by atoms with Gasteiger partial charge in [0.15, 0.2) is 5.13 Å². The van der Waals surface area contributed by atoms with E-state index in [9.17, 15) is 4.79 Å². The van der Waals surface area contributed by atoms with Gasteiger partial charge in [-0.1, -0.05) is 24.3 Å². The molecule has 0 radical (unpaired) electrons. The first kappa shape index (κ1) is 15.2. The number of para-hydroxylation sites is 1. The van der Waals surface area contributed by atoms with Crippen LogP contribution >= 0.6 is 11.3 Å². The zero-order valence-corrected chi connectivity index (χ0v) is 13.3. The Morgan fingerprint density at radius 3 is 2.78 bits per heavy atom. The van der Waals surface area contributed by atoms with Crippen molar-refractivity contribution in [1.82, 2.24) is 9.97 Å². The first-order valence-electron chi connectivity index (χ1n) is 7.05. The van der Waals surface area contributed by atoms with Gasteiger partial charge in [-0.25, -0.2) is 4.98 Å². The van der Waals surface area contributed by atoms with Crippen molar-refractivity contribution >= 4 is 22.4 Å². The van der Waals surface area contributed by atoms with Crippen LogP contribution in [-0.2, 0) is 11.2 Å². The zero-order chi connectivity index (χ0) is 16.1. The van der Waals surface area contributed by atoms with Crippen molar-refractivity contribution in [2.75, 3.05) is 12.4 Å². The van der Waals surface area contributed by atoms with Crippen LogP contribution in [0.3, 0.4) is 0 Å². The number of methoxy groups -OCH3 is 1. The summed E-state index contributed by atoms with van der Waals surface area (Å²) in [4.78, 5) is 20.8. The van der Waals surface area contributed by atoms with Gasteiger partial charge in [-0.15, -0.1) is 11.3 Å². The van der Waals surface area contributed by atoms with Gasteiger partial charge in [0.1, 0.15) is 11.4 Å². The Morgan fingerprint density at radius 2 is 2.00 bits per heavy atom. The number of carbonyl (C=O) groups is 1. The van der Waals surface area contributed by atoms with Crippen LogP contribution in [0.1, 0.15) is 5.56 Å². The first-order valence-corrected chi connectivity index (χ1v) is 7.93. The maximum atomic E-state index is 12.2. The van der Waals surface area contributed by atoms with Gasteiger partial charge in [0.05, 0.1) is 19.2 Å². The third kappa shape index (κ3) is 3.73. The number of benzene rings is 1. The summed E-state index contributed by atoms with van der Waals surface area (Å²) in [6.45, 7) is 0. The first-order chi connectivity index (χ1) is 11.3. The fraction of sp³-hybridized carbons (Fsp3) is 0.118. The predicted molar refractivity (Wildman–Crippen MR) is 90.7 cm³/mol. The number of ether oxygens (including phenoxy) is 1. The quantitative estimate of drug-likeness (QED) is 0.781. The van der Waals surface area contributed by atoms with Crippen LogP contribution in [0.25, 0.3) is 11.4 Å². The maximum Gasteiger partial charge on any atom is 0.230 e. The summed E-state index contributed by atoms with van der Waals surface area (Å²) in [6.07, 6.45) is 1.96.